The lowest BCUT2D eigenvalue weighted by Gasteiger charge is -2.14. The van der Waals surface area contributed by atoms with E-state index in [0.717, 1.165) is 0 Å². The quantitative estimate of drug-likeness (QED) is 0.768. The van der Waals surface area contributed by atoms with Crippen molar-refractivity contribution in [1.29, 1.82) is 0 Å². The van der Waals surface area contributed by atoms with Gasteiger partial charge < -0.3 is 14.9 Å². The largest absolute Gasteiger partial charge is 0.484 e. The van der Waals surface area contributed by atoms with Gasteiger partial charge in [0.25, 0.3) is 0 Å². The van der Waals surface area contributed by atoms with E-state index in [9.17, 15) is 0 Å². The molecule has 4 heteroatoms. The maximum absolute atomic E-state index is 8.75. The van der Waals surface area contributed by atoms with Crippen LogP contribution in [0.15, 0.2) is 24.3 Å². The van der Waals surface area contributed by atoms with Gasteiger partial charge in [-0.1, -0.05) is 23.7 Å². The summed E-state index contributed by atoms with van der Waals surface area (Å²) >= 11 is 5.79. The predicted octanol–water partition coefficient (Wildman–Crippen LogP) is 1.07. The molecule has 0 amide bonds. The van der Waals surface area contributed by atoms with Gasteiger partial charge >= 0.3 is 0 Å². The van der Waals surface area contributed by atoms with Crippen molar-refractivity contribution in [3.05, 3.63) is 29.3 Å². The number of ether oxygens (including phenoxy) is 1. The maximum atomic E-state index is 8.75. The topological polar surface area (TPSA) is 49.7 Å². The van der Waals surface area contributed by atoms with E-state index in [-0.39, 0.29) is 13.2 Å². The molecule has 0 unspecified atom stereocenters. The van der Waals surface area contributed by atoms with E-state index in [1.165, 1.54) is 0 Å². The molecule has 0 aliphatic carbocycles. The Hall–Kier alpha value is -0.770. The SMILES string of the molecule is OCC(CO)Oc1ccccc1Cl. The molecular formula is C9H11ClO3. The first-order valence-electron chi connectivity index (χ1n) is 3.91. The molecule has 0 spiro atoms. The van der Waals surface area contributed by atoms with Crippen LogP contribution in [-0.2, 0) is 0 Å². The second-order valence-corrected chi connectivity index (χ2v) is 2.94. The van der Waals surface area contributed by atoms with Crippen molar-refractivity contribution in [2.24, 2.45) is 0 Å². The fourth-order valence-corrected chi connectivity index (χ4v) is 1.03. The molecular weight excluding hydrogens is 192 g/mol. The minimum atomic E-state index is -0.611. The molecule has 0 atom stereocenters. The number of aliphatic hydroxyl groups excluding tert-OH is 2. The van der Waals surface area contributed by atoms with Gasteiger partial charge in [0.15, 0.2) is 0 Å². The standard InChI is InChI=1S/C9H11ClO3/c10-8-3-1-2-4-9(8)13-7(5-11)6-12/h1-4,7,11-12H,5-6H2. The summed E-state index contributed by atoms with van der Waals surface area (Å²) in [6.45, 7) is -0.469. The molecule has 0 heterocycles. The number of aliphatic hydroxyl groups is 2. The molecule has 0 fully saturated rings. The highest BCUT2D eigenvalue weighted by Crippen LogP contribution is 2.23. The first-order valence-corrected chi connectivity index (χ1v) is 4.28. The summed E-state index contributed by atoms with van der Waals surface area (Å²) in [6.07, 6.45) is -0.611. The van der Waals surface area contributed by atoms with Gasteiger partial charge in [0.05, 0.1) is 18.2 Å². The summed E-state index contributed by atoms with van der Waals surface area (Å²) in [5, 5.41) is 18.0. The third kappa shape index (κ3) is 2.88. The Bertz CT molecular complexity index is 261. The molecule has 3 nitrogen and oxygen atoms in total. The van der Waals surface area contributed by atoms with E-state index >= 15 is 0 Å². The van der Waals surface area contributed by atoms with Gasteiger partial charge in [-0.25, -0.2) is 0 Å². The van der Waals surface area contributed by atoms with E-state index in [2.05, 4.69) is 0 Å². The van der Waals surface area contributed by atoms with Crippen LogP contribution in [0, 0.1) is 0 Å². The lowest BCUT2D eigenvalue weighted by atomic mass is 10.3. The Morgan fingerprint density at radius 1 is 1.23 bits per heavy atom. The van der Waals surface area contributed by atoms with E-state index in [4.69, 9.17) is 26.6 Å². The highest BCUT2D eigenvalue weighted by Gasteiger charge is 2.08. The molecule has 0 saturated carbocycles. The molecule has 13 heavy (non-hydrogen) atoms. The van der Waals surface area contributed by atoms with Gasteiger partial charge in [-0.15, -0.1) is 0 Å². The van der Waals surface area contributed by atoms with Crippen molar-refractivity contribution in [3.63, 3.8) is 0 Å². The second kappa shape index (κ2) is 5.07. The fraction of sp³-hybridized carbons (Fsp3) is 0.333. The highest BCUT2D eigenvalue weighted by molar-refractivity contribution is 6.32. The average Bonchev–Trinajstić information content (AvgIpc) is 2.17. The van der Waals surface area contributed by atoms with Gasteiger partial charge in [0.1, 0.15) is 11.9 Å². The maximum Gasteiger partial charge on any atom is 0.145 e. The van der Waals surface area contributed by atoms with Crippen molar-refractivity contribution in [3.8, 4) is 5.75 Å². The zero-order valence-corrected chi connectivity index (χ0v) is 7.74. The van der Waals surface area contributed by atoms with Crippen LogP contribution in [0.3, 0.4) is 0 Å². The number of hydrogen-bond acceptors (Lipinski definition) is 3. The molecule has 0 aromatic heterocycles. The molecule has 1 aromatic carbocycles. The Balaban J connectivity index is 2.67. The van der Waals surface area contributed by atoms with Crippen molar-refractivity contribution in [2.45, 2.75) is 6.10 Å². The molecule has 0 aliphatic rings. The first-order chi connectivity index (χ1) is 6.27. The molecule has 2 N–H and O–H groups in total. The van der Waals surface area contributed by atoms with Crippen molar-refractivity contribution in [2.75, 3.05) is 13.2 Å². The van der Waals surface area contributed by atoms with E-state index in [0.29, 0.717) is 10.8 Å². The minimum Gasteiger partial charge on any atom is -0.484 e. The van der Waals surface area contributed by atoms with Gasteiger partial charge in [-0.3, -0.25) is 0 Å². The van der Waals surface area contributed by atoms with Crippen LogP contribution in [0.25, 0.3) is 0 Å². The number of rotatable bonds is 4. The summed E-state index contributed by atoms with van der Waals surface area (Å²) in [5.41, 5.74) is 0. The number of benzene rings is 1. The van der Waals surface area contributed by atoms with Crippen LogP contribution in [0.1, 0.15) is 0 Å². The Kier molecular flexibility index (Phi) is 4.02. The molecule has 1 rings (SSSR count). The van der Waals surface area contributed by atoms with Gasteiger partial charge in [-0.2, -0.15) is 0 Å². The van der Waals surface area contributed by atoms with Gasteiger partial charge in [0, 0.05) is 0 Å². The van der Waals surface area contributed by atoms with Crippen molar-refractivity contribution in [1.82, 2.24) is 0 Å². The minimum absolute atomic E-state index is 0.234. The molecule has 72 valence electrons. The normalized spacial score (nSPS) is 10.5. The van der Waals surface area contributed by atoms with Crippen LogP contribution >= 0.6 is 11.6 Å². The van der Waals surface area contributed by atoms with E-state index < -0.39 is 6.10 Å². The zero-order chi connectivity index (χ0) is 9.68. The third-order valence-electron chi connectivity index (χ3n) is 1.54. The molecule has 0 saturated heterocycles. The third-order valence-corrected chi connectivity index (χ3v) is 1.85. The van der Waals surface area contributed by atoms with Crippen LogP contribution in [0.5, 0.6) is 5.75 Å². The fourth-order valence-electron chi connectivity index (χ4n) is 0.852. The Labute approximate surface area is 81.5 Å². The smallest absolute Gasteiger partial charge is 0.145 e. The van der Waals surface area contributed by atoms with Gasteiger partial charge in [-0.05, 0) is 12.1 Å². The van der Waals surface area contributed by atoms with Crippen LogP contribution < -0.4 is 4.74 Å². The number of halogens is 1. The Morgan fingerprint density at radius 2 is 1.85 bits per heavy atom. The van der Waals surface area contributed by atoms with Crippen LogP contribution in [-0.4, -0.2) is 29.5 Å². The van der Waals surface area contributed by atoms with Crippen LogP contribution in [0.4, 0.5) is 0 Å². The summed E-state index contributed by atoms with van der Waals surface area (Å²) in [6, 6.07) is 6.92. The molecule has 0 aliphatic heterocycles. The molecule has 1 aromatic rings. The number of para-hydroxylation sites is 1. The molecule has 0 bridgehead atoms. The summed E-state index contributed by atoms with van der Waals surface area (Å²) in [4.78, 5) is 0. The van der Waals surface area contributed by atoms with Crippen LogP contribution in [0.2, 0.25) is 5.02 Å². The van der Waals surface area contributed by atoms with Gasteiger partial charge in [0.2, 0.25) is 0 Å². The average molecular weight is 203 g/mol. The second-order valence-electron chi connectivity index (χ2n) is 2.54. The lowest BCUT2D eigenvalue weighted by Crippen LogP contribution is -2.25. The van der Waals surface area contributed by atoms with E-state index in [1.54, 1.807) is 24.3 Å². The number of hydrogen-bond donors (Lipinski definition) is 2. The highest BCUT2D eigenvalue weighted by atomic mass is 35.5. The summed E-state index contributed by atoms with van der Waals surface area (Å²) < 4.78 is 5.21. The lowest BCUT2D eigenvalue weighted by molar-refractivity contribution is 0.0630. The Morgan fingerprint density at radius 3 is 2.38 bits per heavy atom. The first kappa shape index (κ1) is 10.3. The van der Waals surface area contributed by atoms with Crippen molar-refractivity contribution < 1.29 is 14.9 Å². The monoisotopic (exact) mass is 202 g/mol. The predicted molar refractivity (Wildman–Crippen MR) is 50.0 cm³/mol. The molecule has 0 radical (unpaired) electrons. The van der Waals surface area contributed by atoms with E-state index in [1.807, 2.05) is 0 Å². The van der Waals surface area contributed by atoms with Crippen molar-refractivity contribution >= 4 is 11.6 Å². The summed E-state index contributed by atoms with van der Waals surface area (Å²) in [5.74, 6) is 0.470. The zero-order valence-electron chi connectivity index (χ0n) is 6.98. The summed E-state index contributed by atoms with van der Waals surface area (Å²) in [7, 11) is 0.